The summed E-state index contributed by atoms with van der Waals surface area (Å²) in [5, 5.41) is 3.15. The third kappa shape index (κ3) is 3.29. The number of methoxy groups -OCH3 is 1. The van der Waals surface area contributed by atoms with Crippen molar-refractivity contribution in [2.24, 2.45) is 5.73 Å². The van der Waals surface area contributed by atoms with Gasteiger partial charge < -0.3 is 15.8 Å². The molecule has 0 radical (unpaired) electrons. The largest absolute Gasteiger partial charge is 0.481 e. The Morgan fingerprint density at radius 1 is 1.54 bits per heavy atom. The second-order valence-electron chi connectivity index (χ2n) is 2.63. The zero-order valence-corrected chi connectivity index (χ0v) is 7.79. The first-order valence-electron chi connectivity index (χ1n) is 4.32. The Morgan fingerprint density at radius 3 is 3.08 bits per heavy atom. The van der Waals surface area contributed by atoms with Crippen molar-refractivity contribution in [1.29, 1.82) is 0 Å². The lowest BCUT2D eigenvalue weighted by Gasteiger charge is -2.05. The molecule has 4 nitrogen and oxygen atoms in total. The van der Waals surface area contributed by atoms with Gasteiger partial charge in [-0.25, -0.2) is 0 Å². The molecule has 1 rings (SSSR count). The average molecular weight is 181 g/mol. The third-order valence-corrected chi connectivity index (χ3v) is 1.62. The summed E-state index contributed by atoms with van der Waals surface area (Å²) >= 11 is 0. The number of hydrogen-bond donors (Lipinski definition) is 2. The lowest BCUT2D eigenvalue weighted by Crippen LogP contribution is -2.09. The van der Waals surface area contributed by atoms with Gasteiger partial charge in [-0.3, -0.25) is 0 Å². The fourth-order valence-electron chi connectivity index (χ4n) is 0.945. The molecule has 72 valence electrons. The van der Waals surface area contributed by atoms with E-state index in [-0.39, 0.29) is 0 Å². The monoisotopic (exact) mass is 181 g/mol. The summed E-state index contributed by atoms with van der Waals surface area (Å²) < 4.78 is 4.99. The molecule has 1 aromatic rings. The number of hydrogen-bond acceptors (Lipinski definition) is 4. The van der Waals surface area contributed by atoms with E-state index in [4.69, 9.17) is 10.5 Å². The number of anilines is 1. The first-order chi connectivity index (χ1) is 6.36. The van der Waals surface area contributed by atoms with Gasteiger partial charge in [0.25, 0.3) is 0 Å². The van der Waals surface area contributed by atoms with Crippen LogP contribution in [0.3, 0.4) is 0 Å². The second kappa shape index (κ2) is 5.37. The number of ether oxygens (including phenoxy) is 1. The Hall–Kier alpha value is -1.29. The summed E-state index contributed by atoms with van der Waals surface area (Å²) in [5.74, 6) is 1.45. The molecule has 0 aliphatic carbocycles. The van der Waals surface area contributed by atoms with Gasteiger partial charge in [0.2, 0.25) is 5.88 Å². The summed E-state index contributed by atoms with van der Waals surface area (Å²) in [6.07, 6.45) is 0.943. The zero-order chi connectivity index (χ0) is 9.52. The topological polar surface area (TPSA) is 60.2 Å². The SMILES string of the molecule is COc1cccc(NCCCN)n1. The number of nitrogens with two attached hydrogens (primary N) is 1. The van der Waals surface area contributed by atoms with Crippen molar-refractivity contribution in [3.05, 3.63) is 18.2 Å². The quantitative estimate of drug-likeness (QED) is 0.661. The van der Waals surface area contributed by atoms with Crippen LogP contribution in [-0.4, -0.2) is 25.2 Å². The summed E-state index contributed by atoms with van der Waals surface area (Å²) in [4.78, 5) is 4.19. The summed E-state index contributed by atoms with van der Waals surface area (Å²) in [6.45, 7) is 1.54. The smallest absolute Gasteiger partial charge is 0.214 e. The van der Waals surface area contributed by atoms with Crippen molar-refractivity contribution < 1.29 is 4.74 Å². The first kappa shape index (κ1) is 9.80. The minimum absolute atomic E-state index is 0.623. The lowest BCUT2D eigenvalue weighted by atomic mass is 10.4. The van der Waals surface area contributed by atoms with Crippen LogP contribution in [0.1, 0.15) is 6.42 Å². The molecular weight excluding hydrogens is 166 g/mol. The van der Waals surface area contributed by atoms with Gasteiger partial charge in [0, 0.05) is 12.6 Å². The molecule has 0 aromatic carbocycles. The van der Waals surface area contributed by atoms with Crippen molar-refractivity contribution in [3.8, 4) is 5.88 Å². The molecule has 0 saturated heterocycles. The van der Waals surface area contributed by atoms with Crippen LogP contribution < -0.4 is 15.8 Å². The second-order valence-corrected chi connectivity index (χ2v) is 2.63. The van der Waals surface area contributed by atoms with Crippen LogP contribution in [0.5, 0.6) is 5.88 Å². The van der Waals surface area contributed by atoms with Crippen LogP contribution in [0.15, 0.2) is 18.2 Å². The molecule has 1 aromatic heterocycles. The normalized spacial score (nSPS) is 9.69. The minimum Gasteiger partial charge on any atom is -0.481 e. The van der Waals surface area contributed by atoms with Crippen LogP contribution >= 0.6 is 0 Å². The van der Waals surface area contributed by atoms with Gasteiger partial charge in [-0.1, -0.05) is 6.07 Å². The van der Waals surface area contributed by atoms with E-state index < -0.39 is 0 Å². The minimum atomic E-state index is 0.623. The van der Waals surface area contributed by atoms with Crippen LogP contribution in [-0.2, 0) is 0 Å². The highest BCUT2D eigenvalue weighted by Crippen LogP contribution is 2.09. The zero-order valence-electron chi connectivity index (χ0n) is 7.79. The van der Waals surface area contributed by atoms with E-state index in [1.165, 1.54) is 0 Å². The molecule has 0 aliphatic rings. The number of nitrogens with one attached hydrogen (secondary N) is 1. The summed E-state index contributed by atoms with van der Waals surface area (Å²) in [7, 11) is 1.60. The predicted molar refractivity (Wildman–Crippen MR) is 53.0 cm³/mol. The van der Waals surface area contributed by atoms with E-state index in [2.05, 4.69) is 10.3 Å². The molecule has 13 heavy (non-hydrogen) atoms. The molecule has 0 unspecified atom stereocenters. The Labute approximate surface area is 78.1 Å². The number of rotatable bonds is 5. The van der Waals surface area contributed by atoms with Crippen molar-refractivity contribution in [1.82, 2.24) is 4.98 Å². The molecule has 0 spiro atoms. The van der Waals surface area contributed by atoms with E-state index in [1.807, 2.05) is 18.2 Å². The van der Waals surface area contributed by atoms with Crippen LogP contribution in [0.25, 0.3) is 0 Å². The van der Waals surface area contributed by atoms with Crippen molar-refractivity contribution in [2.75, 3.05) is 25.5 Å². The van der Waals surface area contributed by atoms with Gasteiger partial charge in [0.15, 0.2) is 0 Å². The summed E-state index contributed by atoms with van der Waals surface area (Å²) in [5.41, 5.74) is 5.36. The molecule has 0 aliphatic heterocycles. The molecule has 0 bridgehead atoms. The van der Waals surface area contributed by atoms with Gasteiger partial charge in [-0.2, -0.15) is 4.98 Å². The van der Waals surface area contributed by atoms with E-state index in [1.54, 1.807) is 7.11 Å². The van der Waals surface area contributed by atoms with E-state index >= 15 is 0 Å². The Balaban J connectivity index is 2.46. The van der Waals surface area contributed by atoms with E-state index in [0.29, 0.717) is 12.4 Å². The maximum Gasteiger partial charge on any atom is 0.214 e. The Kier molecular flexibility index (Phi) is 4.05. The maximum atomic E-state index is 5.36. The highest BCUT2D eigenvalue weighted by atomic mass is 16.5. The fraction of sp³-hybridized carbons (Fsp3) is 0.444. The van der Waals surface area contributed by atoms with E-state index in [0.717, 1.165) is 18.8 Å². The van der Waals surface area contributed by atoms with E-state index in [9.17, 15) is 0 Å². The molecular formula is C9H15N3O. The lowest BCUT2D eigenvalue weighted by molar-refractivity contribution is 0.398. The first-order valence-corrected chi connectivity index (χ1v) is 4.32. The number of aromatic nitrogens is 1. The molecule has 4 heteroatoms. The molecule has 0 fully saturated rings. The molecule has 3 N–H and O–H groups in total. The number of nitrogens with zero attached hydrogens (tertiary/aromatic N) is 1. The van der Waals surface area contributed by atoms with Crippen LogP contribution in [0.2, 0.25) is 0 Å². The molecule has 0 saturated carbocycles. The highest BCUT2D eigenvalue weighted by Gasteiger charge is 1.94. The predicted octanol–water partition coefficient (Wildman–Crippen LogP) is 0.851. The van der Waals surface area contributed by atoms with Gasteiger partial charge in [0.05, 0.1) is 7.11 Å². The van der Waals surface area contributed by atoms with Gasteiger partial charge in [-0.05, 0) is 19.0 Å². The van der Waals surface area contributed by atoms with Gasteiger partial charge >= 0.3 is 0 Å². The standard InChI is InChI=1S/C9H15N3O/c1-13-9-5-2-4-8(12-9)11-7-3-6-10/h2,4-5H,3,6-7,10H2,1H3,(H,11,12). The molecule has 1 heterocycles. The van der Waals surface area contributed by atoms with Crippen LogP contribution in [0.4, 0.5) is 5.82 Å². The molecule has 0 amide bonds. The van der Waals surface area contributed by atoms with Crippen molar-refractivity contribution >= 4 is 5.82 Å². The maximum absolute atomic E-state index is 5.36. The molecule has 0 atom stereocenters. The van der Waals surface area contributed by atoms with Crippen molar-refractivity contribution in [3.63, 3.8) is 0 Å². The Morgan fingerprint density at radius 2 is 2.38 bits per heavy atom. The van der Waals surface area contributed by atoms with Gasteiger partial charge in [-0.15, -0.1) is 0 Å². The Bertz CT molecular complexity index is 252. The van der Waals surface area contributed by atoms with Crippen LogP contribution in [0, 0.1) is 0 Å². The fourth-order valence-corrected chi connectivity index (χ4v) is 0.945. The van der Waals surface area contributed by atoms with Gasteiger partial charge in [0.1, 0.15) is 5.82 Å². The summed E-state index contributed by atoms with van der Waals surface area (Å²) in [6, 6.07) is 5.61. The average Bonchev–Trinajstić information content (AvgIpc) is 2.19. The third-order valence-electron chi connectivity index (χ3n) is 1.62. The highest BCUT2D eigenvalue weighted by molar-refractivity contribution is 5.36. The number of pyridine rings is 1. The van der Waals surface area contributed by atoms with Crippen molar-refractivity contribution in [2.45, 2.75) is 6.42 Å².